The quantitative estimate of drug-likeness (QED) is 0.461. The Labute approximate surface area is 79.3 Å². The van der Waals surface area contributed by atoms with Crippen molar-refractivity contribution in [3.05, 3.63) is 0 Å². The van der Waals surface area contributed by atoms with Crippen LogP contribution in [0.15, 0.2) is 0 Å². The summed E-state index contributed by atoms with van der Waals surface area (Å²) in [6.45, 7) is 1.93. The number of carbonyl (C=O) groups excluding carboxylic acids is 1. The molecule has 1 saturated heterocycles. The minimum atomic E-state index is -0.871. The highest BCUT2D eigenvalue weighted by Crippen LogP contribution is 2.30. The summed E-state index contributed by atoms with van der Waals surface area (Å²) in [6.07, 6.45) is -0.117. The smallest absolute Gasteiger partial charge is 0.311 e. The lowest BCUT2D eigenvalue weighted by molar-refractivity contribution is -0.156. The first-order valence-corrected chi connectivity index (χ1v) is 5.17. The molecule has 64 valence electrons. The van der Waals surface area contributed by atoms with Gasteiger partial charge in [-0.25, -0.2) is 0 Å². The number of cyclic esters (lactones) is 1. The molecule has 1 heterocycles. The van der Waals surface area contributed by atoms with Crippen LogP contribution in [0.1, 0.15) is 13.3 Å². The average Bonchev–Trinajstić information content (AvgIpc) is 2.24. The second-order valence-corrected chi connectivity index (χ2v) is 3.54. The highest BCUT2D eigenvalue weighted by atomic mass is 127. The lowest BCUT2D eigenvalue weighted by Crippen LogP contribution is -2.21. The minimum absolute atomic E-state index is 0.00639. The topological polar surface area (TPSA) is 46.5 Å². The van der Waals surface area contributed by atoms with Crippen molar-refractivity contribution in [2.45, 2.75) is 19.6 Å². The Bertz CT molecular complexity index is 160. The summed E-state index contributed by atoms with van der Waals surface area (Å²) in [5.41, 5.74) is 0. The van der Waals surface area contributed by atoms with Crippen LogP contribution in [0.2, 0.25) is 0 Å². The normalized spacial score (nSPS) is 37.4. The Kier molecular flexibility index (Phi) is 3.12. The largest absolute Gasteiger partial charge is 0.435 e. The van der Waals surface area contributed by atoms with E-state index in [2.05, 4.69) is 27.3 Å². The Balaban J connectivity index is 2.66. The molecule has 0 bridgehead atoms. The summed E-state index contributed by atoms with van der Waals surface area (Å²) in [6, 6.07) is 0. The van der Waals surface area contributed by atoms with Gasteiger partial charge in [0.05, 0.1) is 5.92 Å². The number of carbonyl (C=O) groups is 1. The Morgan fingerprint density at radius 3 is 2.73 bits per heavy atom. The Morgan fingerprint density at radius 2 is 2.36 bits per heavy atom. The van der Waals surface area contributed by atoms with Gasteiger partial charge in [-0.15, -0.1) is 0 Å². The van der Waals surface area contributed by atoms with Gasteiger partial charge in [0.1, 0.15) is 0 Å². The molecule has 0 radical (unpaired) electrons. The van der Waals surface area contributed by atoms with Gasteiger partial charge in [-0.3, -0.25) is 4.79 Å². The number of esters is 1. The van der Waals surface area contributed by atoms with Crippen LogP contribution >= 0.6 is 22.6 Å². The fraction of sp³-hybridized carbons (Fsp3) is 0.857. The summed E-state index contributed by atoms with van der Waals surface area (Å²) in [5, 5.41) is 9.21. The molecule has 1 aliphatic heterocycles. The van der Waals surface area contributed by atoms with E-state index in [9.17, 15) is 9.90 Å². The van der Waals surface area contributed by atoms with Gasteiger partial charge in [0, 0.05) is 10.3 Å². The van der Waals surface area contributed by atoms with E-state index in [1.165, 1.54) is 0 Å². The molecular weight excluding hydrogens is 259 g/mol. The first kappa shape index (κ1) is 9.25. The Morgan fingerprint density at radius 1 is 1.73 bits per heavy atom. The molecule has 11 heavy (non-hydrogen) atoms. The first-order chi connectivity index (χ1) is 5.20. The van der Waals surface area contributed by atoms with Gasteiger partial charge in [-0.2, -0.15) is 0 Å². The summed E-state index contributed by atoms with van der Waals surface area (Å²) in [5.74, 6) is -0.350. The van der Waals surface area contributed by atoms with Crippen LogP contribution in [-0.4, -0.2) is 21.8 Å². The number of hydrogen-bond acceptors (Lipinski definition) is 3. The number of hydrogen-bond donors (Lipinski definition) is 1. The van der Waals surface area contributed by atoms with E-state index in [1.807, 2.05) is 6.92 Å². The van der Waals surface area contributed by atoms with E-state index >= 15 is 0 Å². The van der Waals surface area contributed by atoms with Gasteiger partial charge in [-0.1, -0.05) is 29.5 Å². The van der Waals surface area contributed by atoms with Gasteiger partial charge in [-0.05, 0) is 6.42 Å². The van der Waals surface area contributed by atoms with Gasteiger partial charge < -0.3 is 9.84 Å². The molecule has 1 rings (SSSR count). The van der Waals surface area contributed by atoms with Crippen molar-refractivity contribution < 1.29 is 14.6 Å². The molecule has 0 aromatic rings. The van der Waals surface area contributed by atoms with Crippen molar-refractivity contribution in [3.8, 4) is 0 Å². The fourth-order valence-electron chi connectivity index (χ4n) is 1.32. The molecule has 0 aromatic heterocycles. The van der Waals surface area contributed by atoms with E-state index in [0.717, 1.165) is 10.8 Å². The third kappa shape index (κ3) is 1.66. The minimum Gasteiger partial charge on any atom is -0.435 e. The predicted molar refractivity (Wildman–Crippen MR) is 48.3 cm³/mol. The zero-order valence-corrected chi connectivity index (χ0v) is 8.45. The first-order valence-electron chi connectivity index (χ1n) is 3.65. The molecular formula is C7H11IO3. The van der Waals surface area contributed by atoms with Crippen LogP contribution in [0, 0.1) is 11.8 Å². The van der Waals surface area contributed by atoms with E-state index in [-0.39, 0.29) is 17.8 Å². The molecule has 1 N–H and O–H groups in total. The number of halogens is 1. The summed E-state index contributed by atoms with van der Waals surface area (Å²) in [7, 11) is 0. The van der Waals surface area contributed by atoms with E-state index in [1.54, 1.807) is 0 Å². The maximum absolute atomic E-state index is 11.0. The zero-order chi connectivity index (χ0) is 8.43. The average molecular weight is 270 g/mol. The van der Waals surface area contributed by atoms with Crippen molar-refractivity contribution in [1.29, 1.82) is 0 Å². The predicted octanol–water partition coefficient (Wildman–Crippen LogP) is 0.939. The highest BCUT2D eigenvalue weighted by molar-refractivity contribution is 14.1. The van der Waals surface area contributed by atoms with E-state index in [0.29, 0.717) is 0 Å². The number of alkyl halides is 1. The molecule has 3 nitrogen and oxygen atoms in total. The van der Waals surface area contributed by atoms with Crippen LogP contribution in [0.3, 0.4) is 0 Å². The number of rotatable bonds is 2. The molecule has 0 saturated carbocycles. The van der Waals surface area contributed by atoms with Crippen molar-refractivity contribution in [2.24, 2.45) is 11.8 Å². The molecule has 0 aliphatic carbocycles. The fourth-order valence-corrected chi connectivity index (χ4v) is 2.37. The van der Waals surface area contributed by atoms with Gasteiger partial charge in [0.25, 0.3) is 0 Å². The summed E-state index contributed by atoms with van der Waals surface area (Å²) >= 11 is 2.16. The SMILES string of the molecule is CCC1C(=O)OC(O)C1CI. The second kappa shape index (κ2) is 3.71. The molecule has 4 heteroatoms. The molecule has 3 atom stereocenters. The number of aliphatic hydroxyl groups is 1. The van der Waals surface area contributed by atoms with Gasteiger partial charge in [0.2, 0.25) is 6.29 Å². The van der Waals surface area contributed by atoms with Crippen LogP contribution in [0.5, 0.6) is 0 Å². The van der Waals surface area contributed by atoms with Crippen molar-refractivity contribution in [2.75, 3.05) is 4.43 Å². The molecule has 0 aromatic carbocycles. The van der Waals surface area contributed by atoms with Gasteiger partial charge >= 0.3 is 5.97 Å². The van der Waals surface area contributed by atoms with Crippen LogP contribution in [0.25, 0.3) is 0 Å². The standard InChI is InChI=1S/C7H11IO3/c1-2-4-5(3-8)7(10)11-6(4)9/h4-5,7,10H,2-3H2,1H3. The maximum Gasteiger partial charge on any atom is 0.311 e. The molecule has 1 aliphatic rings. The van der Waals surface area contributed by atoms with Crippen LogP contribution < -0.4 is 0 Å². The molecule has 0 amide bonds. The Hall–Kier alpha value is 0.160. The number of ether oxygens (including phenoxy) is 1. The van der Waals surface area contributed by atoms with Gasteiger partial charge in [0.15, 0.2) is 0 Å². The van der Waals surface area contributed by atoms with Crippen molar-refractivity contribution in [3.63, 3.8) is 0 Å². The monoisotopic (exact) mass is 270 g/mol. The number of aliphatic hydroxyl groups excluding tert-OH is 1. The summed E-state index contributed by atoms with van der Waals surface area (Å²) < 4.78 is 5.45. The van der Waals surface area contributed by atoms with E-state index < -0.39 is 6.29 Å². The van der Waals surface area contributed by atoms with E-state index in [4.69, 9.17) is 0 Å². The molecule has 0 spiro atoms. The zero-order valence-electron chi connectivity index (χ0n) is 6.29. The van der Waals surface area contributed by atoms with Crippen LogP contribution in [0.4, 0.5) is 0 Å². The second-order valence-electron chi connectivity index (χ2n) is 2.66. The maximum atomic E-state index is 11.0. The highest BCUT2D eigenvalue weighted by Gasteiger charge is 2.41. The summed E-state index contributed by atoms with van der Waals surface area (Å²) in [4.78, 5) is 11.0. The lowest BCUT2D eigenvalue weighted by atomic mass is 9.94. The third-order valence-electron chi connectivity index (χ3n) is 2.04. The molecule has 1 fully saturated rings. The molecule has 3 unspecified atom stereocenters. The van der Waals surface area contributed by atoms with Crippen molar-refractivity contribution >= 4 is 28.6 Å². The lowest BCUT2D eigenvalue weighted by Gasteiger charge is -2.11. The van der Waals surface area contributed by atoms with Crippen LogP contribution in [-0.2, 0) is 9.53 Å². The van der Waals surface area contributed by atoms with Crippen molar-refractivity contribution in [1.82, 2.24) is 0 Å². The third-order valence-corrected chi connectivity index (χ3v) is 3.06.